The maximum absolute atomic E-state index is 13.0. The van der Waals surface area contributed by atoms with Crippen molar-refractivity contribution in [2.24, 2.45) is 11.7 Å². The molecule has 2 atom stereocenters. The van der Waals surface area contributed by atoms with Gasteiger partial charge in [-0.1, -0.05) is 6.92 Å². The first kappa shape index (κ1) is 12.0. The van der Waals surface area contributed by atoms with Gasteiger partial charge in [-0.3, -0.25) is 4.79 Å². The fraction of sp³-hybridized carbons (Fsp3) is 0.417. The smallest absolute Gasteiger partial charge is 0.254 e. The van der Waals surface area contributed by atoms with Crippen molar-refractivity contribution in [3.05, 3.63) is 35.4 Å². The third-order valence-corrected chi connectivity index (χ3v) is 3.07. The van der Waals surface area contributed by atoms with E-state index in [9.17, 15) is 13.6 Å². The second-order valence-electron chi connectivity index (χ2n) is 4.51. The van der Waals surface area contributed by atoms with Crippen molar-refractivity contribution in [1.29, 1.82) is 0 Å². The summed E-state index contributed by atoms with van der Waals surface area (Å²) in [5, 5.41) is 0. The Morgan fingerprint density at radius 2 is 1.88 bits per heavy atom. The highest BCUT2D eigenvalue weighted by Crippen LogP contribution is 2.18. The fourth-order valence-corrected chi connectivity index (χ4v) is 2.02. The maximum atomic E-state index is 13.0. The van der Waals surface area contributed by atoms with E-state index in [1.165, 1.54) is 4.90 Å². The molecule has 0 radical (unpaired) electrons. The molecule has 0 aliphatic carbocycles. The quantitative estimate of drug-likeness (QED) is 0.806. The molecule has 1 saturated heterocycles. The van der Waals surface area contributed by atoms with E-state index in [-0.39, 0.29) is 23.4 Å². The summed E-state index contributed by atoms with van der Waals surface area (Å²) in [6.07, 6.45) is 0. The SMILES string of the molecule is CC1CN(C(=O)c2cc(F)cc(F)c2)CC1N. The van der Waals surface area contributed by atoms with Gasteiger partial charge in [0.25, 0.3) is 5.91 Å². The monoisotopic (exact) mass is 240 g/mol. The molecule has 1 amide bonds. The lowest BCUT2D eigenvalue weighted by Gasteiger charge is -2.15. The minimum absolute atomic E-state index is 0.0313. The van der Waals surface area contributed by atoms with E-state index in [1.807, 2.05) is 6.92 Å². The van der Waals surface area contributed by atoms with Crippen LogP contribution >= 0.6 is 0 Å². The molecule has 1 heterocycles. The summed E-state index contributed by atoms with van der Waals surface area (Å²) in [7, 11) is 0. The lowest BCUT2D eigenvalue weighted by atomic mass is 10.1. The Balaban J connectivity index is 2.20. The van der Waals surface area contributed by atoms with Crippen molar-refractivity contribution in [2.75, 3.05) is 13.1 Å². The second kappa shape index (κ2) is 4.41. The highest BCUT2D eigenvalue weighted by atomic mass is 19.1. The number of hydrogen-bond acceptors (Lipinski definition) is 2. The number of carbonyl (C=O) groups is 1. The number of carbonyl (C=O) groups excluding carboxylic acids is 1. The van der Waals surface area contributed by atoms with E-state index < -0.39 is 11.6 Å². The van der Waals surface area contributed by atoms with Crippen LogP contribution in [0.5, 0.6) is 0 Å². The van der Waals surface area contributed by atoms with Crippen LogP contribution in [0.3, 0.4) is 0 Å². The van der Waals surface area contributed by atoms with Crippen LogP contribution in [0.4, 0.5) is 8.78 Å². The molecule has 1 aromatic rings. The number of rotatable bonds is 1. The summed E-state index contributed by atoms with van der Waals surface area (Å²) in [5.74, 6) is -1.66. The molecule has 1 aliphatic rings. The van der Waals surface area contributed by atoms with Crippen LogP contribution in [0.1, 0.15) is 17.3 Å². The molecule has 5 heteroatoms. The summed E-state index contributed by atoms with van der Waals surface area (Å²) in [6, 6.07) is 2.76. The van der Waals surface area contributed by atoms with Gasteiger partial charge in [0.2, 0.25) is 0 Å². The van der Waals surface area contributed by atoms with Gasteiger partial charge < -0.3 is 10.6 Å². The molecule has 0 aromatic heterocycles. The zero-order chi connectivity index (χ0) is 12.6. The summed E-state index contributed by atoms with van der Waals surface area (Å²) in [4.78, 5) is 13.5. The summed E-state index contributed by atoms with van der Waals surface area (Å²) in [6.45, 7) is 2.90. The topological polar surface area (TPSA) is 46.3 Å². The lowest BCUT2D eigenvalue weighted by molar-refractivity contribution is 0.0786. The highest BCUT2D eigenvalue weighted by molar-refractivity contribution is 5.94. The molecule has 1 aromatic carbocycles. The predicted octanol–water partition coefficient (Wildman–Crippen LogP) is 1.38. The molecule has 2 N–H and O–H groups in total. The molecule has 1 fully saturated rings. The Morgan fingerprint density at radius 3 is 2.35 bits per heavy atom. The van der Waals surface area contributed by atoms with Gasteiger partial charge in [-0.15, -0.1) is 0 Å². The Labute approximate surface area is 98.2 Å². The van der Waals surface area contributed by atoms with E-state index in [2.05, 4.69) is 0 Å². The minimum Gasteiger partial charge on any atom is -0.337 e. The number of benzene rings is 1. The zero-order valence-electron chi connectivity index (χ0n) is 9.49. The number of nitrogens with two attached hydrogens (primary N) is 1. The molecule has 17 heavy (non-hydrogen) atoms. The van der Waals surface area contributed by atoms with E-state index in [1.54, 1.807) is 0 Å². The van der Waals surface area contributed by atoms with Crippen molar-refractivity contribution in [3.63, 3.8) is 0 Å². The molecular weight excluding hydrogens is 226 g/mol. The van der Waals surface area contributed by atoms with Crippen LogP contribution in [0.2, 0.25) is 0 Å². The van der Waals surface area contributed by atoms with Gasteiger partial charge in [-0.05, 0) is 18.1 Å². The number of nitrogens with zero attached hydrogens (tertiary/aromatic N) is 1. The average Bonchev–Trinajstić information content (AvgIpc) is 2.57. The molecule has 2 rings (SSSR count). The first-order chi connectivity index (χ1) is 7.97. The molecule has 2 unspecified atom stereocenters. The van der Waals surface area contributed by atoms with Crippen LogP contribution in [-0.2, 0) is 0 Å². The first-order valence-electron chi connectivity index (χ1n) is 5.48. The van der Waals surface area contributed by atoms with Crippen LogP contribution < -0.4 is 5.73 Å². The molecule has 0 bridgehead atoms. The first-order valence-corrected chi connectivity index (χ1v) is 5.48. The van der Waals surface area contributed by atoms with Gasteiger partial charge in [-0.25, -0.2) is 8.78 Å². The Bertz CT molecular complexity index is 420. The molecule has 3 nitrogen and oxygen atoms in total. The maximum Gasteiger partial charge on any atom is 0.254 e. The fourth-order valence-electron chi connectivity index (χ4n) is 2.02. The molecule has 92 valence electrons. The number of amides is 1. The Kier molecular flexibility index (Phi) is 3.11. The summed E-state index contributed by atoms with van der Waals surface area (Å²) < 4.78 is 26.0. The number of hydrogen-bond donors (Lipinski definition) is 1. The average molecular weight is 240 g/mol. The van der Waals surface area contributed by atoms with Crippen molar-refractivity contribution < 1.29 is 13.6 Å². The highest BCUT2D eigenvalue weighted by Gasteiger charge is 2.30. The molecule has 0 saturated carbocycles. The third kappa shape index (κ3) is 2.44. The van der Waals surface area contributed by atoms with Gasteiger partial charge in [-0.2, -0.15) is 0 Å². The lowest BCUT2D eigenvalue weighted by Crippen LogP contribution is -2.32. The Morgan fingerprint density at radius 1 is 1.29 bits per heavy atom. The summed E-state index contributed by atoms with van der Waals surface area (Å²) >= 11 is 0. The van der Waals surface area contributed by atoms with Gasteiger partial charge in [0.15, 0.2) is 0 Å². The normalized spacial score (nSPS) is 24.1. The van der Waals surface area contributed by atoms with Crippen LogP contribution in [0, 0.1) is 17.6 Å². The van der Waals surface area contributed by atoms with Crippen molar-refractivity contribution >= 4 is 5.91 Å². The molecule has 1 aliphatic heterocycles. The van der Waals surface area contributed by atoms with Gasteiger partial charge in [0, 0.05) is 30.8 Å². The van der Waals surface area contributed by atoms with Crippen LogP contribution in [0.25, 0.3) is 0 Å². The van der Waals surface area contributed by atoms with E-state index in [0.29, 0.717) is 13.1 Å². The zero-order valence-corrected chi connectivity index (χ0v) is 9.49. The van der Waals surface area contributed by atoms with E-state index >= 15 is 0 Å². The summed E-state index contributed by atoms with van der Waals surface area (Å²) in [5.41, 5.74) is 5.83. The predicted molar refractivity (Wildman–Crippen MR) is 59.4 cm³/mol. The van der Waals surface area contributed by atoms with Crippen LogP contribution in [0.15, 0.2) is 18.2 Å². The third-order valence-electron chi connectivity index (χ3n) is 3.07. The van der Waals surface area contributed by atoms with E-state index in [0.717, 1.165) is 18.2 Å². The van der Waals surface area contributed by atoms with Gasteiger partial charge in [0.05, 0.1) is 0 Å². The number of halogens is 2. The molecule has 0 spiro atoms. The van der Waals surface area contributed by atoms with Crippen molar-refractivity contribution in [1.82, 2.24) is 4.90 Å². The van der Waals surface area contributed by atoms with Crippen molar-refractivity contribution in [3.8, 4) is 0 Å². The van der Waals surface area contributed by atoms with Crippen molar-refractivity contribution in [2.45, 2.75) is 13.0 Å². The Hall–Kier alpha value is -1.49. The van der Waals surface area contributed by atoms with E-state index in [4.69, 9.17) is 5.73 Å². The minimum atomic E-state index is -0.745. The second-order valence-corrected chi connectivity index (χ2v) is 4.51. The molecular formula is C12H14F2N2O. The van der Waals surface area contributed by atoms with Crippen LogP contribution in [-0.4, -0.2) is 29.9 Å². The van der Waals surface area contributed by atoms with Gasteiger partial charge >= 0.3 is 0 Å². The van der Waals surface area contributed by atoms with Gasteiger partial charge in [0.1, 0.15) is 11.6 Å². The standard InChI is InChI=1S/C12H14F2N2O/c1-7-5-16(6-11(7)15)12(17)8-2-9(13)4-10(14)3-8/h2-4,7,11H,5-6,15H2,1H3. The number of likely N-dealkylation sites (tertiary alicyclic amines) is 1. The largest absolute Gasteiger partial charge is 0.337 e.